The van der Waals surface area contributed by atoms with Crippen LogP contribution in [0.2, 0.25) is 0 Å². The first-order valence-electron chi connectivity index (χ1n) is 10.2. The molecule has 30 heavy (non-hydrogen) atoms. The lowest BCUT2D eigenvalue weighted by atomic mass is 9.71. The van der Waals surface area contributed by atoms with Crippen LogP contribution in [-0.2, 0) is 14.3 Å². The molecular formula is C21H27F3N2O4. The summed E-state index contributed by atoms with van der Waals surface area (Å²) >= 11 is 0. The van der Waals surface area contributed by atoms with Crippen molar-refractivity contribution in [1.29, 1.82) is 0 Å². The topological polar surface area (TPSA) is 78.9 Å². The molecule has 1 aliphatic carbocycles. The first-order valence-corrected chi connectivity index (χ1v) is 10.2. The first kappa shape index (κ1) is 22.6. The summed E-state index contributed by atoms with van der Waals surface area (Å²) in [5.74, 6) is -1.60. The maximum absolute atomic E-state index is 13.0. The number of ether oxygens (including phenoxy) is 1. The molecule has 1 aromatic carbocycles. The van der Waals surface area contributed by atoms with Gasteiger partial charge in [0.2, 0.25) is 5.91 Å². The van der Waals surface area contributed by atoms with Gasteiger partial charge < -0.3 is 20.1 Å². The molecule has 2 aliphatic heterocycles. The highest BCUT2D eigenvalue weighted by molar-refractivity contribution is 5.93. The molecule has 1 atom stereocenters. The van der Waals surface area contributed by atoms with Crippen molar-refractivity contribution in [1.82, 2.24) is 4.90 Å². The van der Waals surface area contributed by atoms with E-state index in [-0.39, 0.29) is 17.2 Å². The van der Waals surface area contributed by atoms with Crippen LogP contribution in [0.25, 0.3) is 0 Å². The molecule has 0 bridgehead atoms. The molecule has 1 aromatic rings. The second kappa shape index (κ2) is 9.34. The summed E-state index contributed by atoms with van der Waals surface area (Å²) in [5, 5.41) is 10.3. The molecule has 1 spiro atoms. The number of hydrogen-bond donors (Lipinski definition) is 2. The Balaban J connectivity index is 0.000000318. The molecule has 2 saturated heterocycles. The lowest BCUT2D eigenvalue weighted by molar-refractivity contribution is -0.192. The second-order valence-electron chi connectivity index (χ2n) is 8.32. The quantitative estimate of drug-likeness (QED) is 0.769. The Morgan fingerprint density at radius 2 is 1.77 bits per heavy atom. The Morgan fingerprint density at radius 1 is 1.17 bits per heavy atom. The van der Waals surface area contributed by atoms with Crippen LogP contribution in [0.3, 0.4) is 0 Å². The van der Waals surface area contributed by atoms with E-state index >= 15 is 0 Å². The van der Waals surface area contributed by atoms with E-state index in [0.717, 1.165) is 50.8 Å². The van der Waals surface area contributed by atoms with Crippen LogP contribution in [0.4, 0.5) is 18.9 Å². The van der Waals surface area contributed by atoms with Gasteiger partial charge in [-0.15, -0.1) is 0 Å². The number of nitrogens with zero attached hydrogens (tertiary/aromatic N) is 1. The number of likely N-dealkylation sites (tertiary alicyclic amines) is 1. The molecule has 1 amide bonds. The summed E-state index contributed by atoms with van der Waals surface area (Å²) in [6.45, 7) is 4.76. The van der Waals surface area contributed by atoms with Gasteiger partial charge in [0.1, 0.15) is 0 Å². The molecule has 0 aromatic heterocycles. The highest BCUT2D eigenvalue weighted by Crippen LogP contribution is 2.46. The Hall–Kier alpha value is -2.13. The normalized spacial score (nSPS) is 23.5. The summed E-state index contributed by atoms with van der Waals surface area (Å²) in [6.07, 6.45) is -0.316. The van der Waals surface area contributed by atoms with E-state index in [0.29, 0.717) is 0 Å². The van der Waals surface area contributed by atoms with Crippen molar-refractivity contribution in [3.63, 3.8) is 0 Å². The smallest absolute Gasteiger partial charge is 0.475 e. The molecule has 2 N–H and O–H groups in total. The summed E-state index contributed by atoms with van der Waals surface area (Å²) in [5.41, 5.74) is 1.02. The van der Waals surface area contributed by atoms with Crippen molar-refractivity contribution in [3.05, 3.63) is 30.3 Å². The summed E-state index contributed by atoms with van der Waals surface area (Å²) in [7, 11) is 0. The van der Waals surface area contributed by atoms with Crippen LogP contribution in [0, 0.1) is 17.3 Å². The number of amides is 1. The van der Waals surface area contributed by atoms with E-state index in [2.05, 4.69) is 10.2 Å². The van der Waals surface area contributed by atoms with Crippen LogP contribution < -0.4 is 5.32 Å². The largest absolute Gasteiger partial charge is 0.490 e. The predicted molar refractivity (Wildman–Crippen MR) is 104 cm³/mol. The van der Waals surface area contributed by atoms with Crippen molar-refractivity contribution < 1.29 is 32.6 Å². The van der Waals surface area contributed by atoms with Crippen molar-refractivity contribution in [2.75, 3.05) is 38.2 Å². The highest BCUT2D eigenvalue weighted by Gasteiger charge is 2.51. The van der Waals surface area contributed by atoms with Gasteiger partial charge in [0.25, 0.3) is 0 Å². The van der Waals surface area contributed by atoms with Crippen LogP contribution >= 0.6 is 0 Å². The van der Waals surface area contributed by atoms with E-state index in [9.17, 15) is 18.0 Å². The lowest BCUT2D eigenvalue weighted by Crippen LogP contribution is -2.42. The molecule has 166 valence electrons. The van der Waals surface area contributed by atoms with E-state index in [1.54, 1.807) is 0 Å². The minimum atomic E-state index is -5.08. The standard InChI is InChI=1S/C19H26N2O2.C2HF3O2/c22-18(20-16-4-2-1-3-5-16)17-13-21(12-15-6-7-15)14-19(17)8-10-23-11-9-19;3-2(4,5)1(6)7/h1-5,15,17H,6-14H2,(H,20,22);(H,6,7). The summed E-state index contributed by atoms with van der Waals surface area (Å²) < 4.78 is 37.3. The van der Waals surface area contributed by atoms with Crippen LogP contribution in [0.5, 0.6) is 0 Å². The van der Waals surface area contributed by atoms with Crippen molar-refractivity contribution in [3.8, 4) is 0 Å². The maximum Gasteiger partial charge on any atom is 0.490 e. The van der Waals surface area contributed by atoms with Gasteiger partial charge in [-0.2, -0.15) is 13.2 Å². The number of halogens is 3. The number of para-hydroxylation sites is 1. The molecule has 3 aliphatic rings. The molecule has 2 heterocycles. The van der Waals surface area contributed by atoms with Gasteiger partial charge >= 0.3 is 12.1 Å². The van der Waals surface area contributed by atoms with E-state index in [4.69, 9.17) is 14.6 Å². The highest BCUT2D eigenvalue weighted by atomic mass is 19.4. The molecular weight excluding hydrogens is 401 g/mol. The number of nitrogens with one attached hydrogen (secondary N) is 1. The van der Waals surface area contributed by atoms with E-state index in [1.807, 2.05) is 30.3 Å². The summed E-state index contributed by atoms with van der Waals surface area (Å²) in [4.78, 5) is 24.4. The number of benzene rings is 1. The van der Waals surface area contributed by atoms with Gasteiger partial charge in [-0.25, -0.2) is 4.79 Å². The van der Waals surface area contributed by atoms with Gasteiger partial charge in [-0.1, -0.05) is 18.2 Å². The number of hydrogen-bond acceptors (Lipinski definition) is 4. The number of rotatable bonds is 4. The minimum Gasteiger partial charge on any atom is -0.475 e. The van der Waals surface area contributed by atoms with Gasteiger partial charge in [0.15, 0.2) is 0 Å². The number of carboxylic acid groups (broad SMARTS) is 1. The third kappa shape index (κ3) is 5.95. The third-order valence-corrected chi connectivity index (χ3v) is 6.02. The number of carbonyl (C=O) groups excluding carboxylic acids is 1. The Kier molecular flexibility index (Phi) is 7.02. The van der Waals surface area contributed by atoms with Crippen LogP contribution in [0.15, 0.2) is 30.3 Å². The number of carbonyl (C=O) groups is 2. The molecule has 1 saturated carbocycles. The number of aliphatic carboxylic acids is 1. The Morgan fingerprint density at radius 3 is 2.30 bits per heavy atom. The predicted octanol–water partition coefficient (Wildman–Crippen LogP) is 3.40. The van der Waals surface area contributed by atoms with Crippen molar-refractivity contribution in [2.24, 2.45) is 17.3 Å². The summed E-state index contributed by atoms with van der Waals surface area (Å²) in [6, 6.07) is 9.83. The lowest BCUT2D eigenvalue weighted by Gasteiger charge is -2.37. The number of anilines is 1. The Bertz CT molecular complexity index is 732. The molecule has 3 fully saturated rings. The van der Waals surface area contributed by atoms with Gasteiger partial charge in [-0.3, -0.25) is 4.79 Å². The monoisotopic (exact) mass is 428 g/mol. The van der Waals surface area contributed by atoms with E-state index < -0.39 is 12.1 Å². The molecule has 6 nitrogen and oxygen atoms in total. The van der Waals surface area contributed by atoms with E-state index in [1.165, 1.54) is 19.4 Å². The average Bonchev–Trinajstić information content (AvgIpc) is 3.44. The maximum atomic E-state index is 13.0. The number of alkyl halides is 3. The zero-order chi connectivity index (χ0) is 21.8. The van der Waals surface area contributed by atoms with Crippen molar-refractivity contribution >= 4 is 17.6 Å². The fourth-order valence-corrected chi connectivity index (χ4v) is 4.27. The molecule has 1 unspecified atom stereocenters. The molecule has 0 radical (unpaired) electrons. The van der Waals surface area contributed by atoms with Gasteiger partial charge in [0.05, 0.1) is 5.92 Å². The van der Waals surface area contributed by atoms with Crippen LogP contribution in [-0.4, -0.2) is 60.9 Å². The van der Waals surface area contributed by atoms with Crippen LogP contribution in [0.1, 0.15) is 25.7 Å². The first-order chi connectivity index (χ1) is 14.2. The van der Waals surface area contributed by atoms with Gasteiger partial charge in [0, 0.05) is 44.0 Å². The number of carboxylic acids is 1. The fourth-order valence-electron chi connectivity index (χ4n) is 4.27. The molecule has 4 rings (SSSR count). The SMILES string of the molecule is O=C(Nc1ccccc1)C1CN(CC2CC2)CC12CCOCC2.O=C(O)C(F)(F)F. The third-order valence-electron chi connectivity index (χ3n) is 6.02. The fraction of sp³-hybridized carbons (Fsp3) is 0.619. The zero-order valence-electron chi connectivity index (χ0n) is 16.7. The molecule has 9 heteroatoms. The Labute approximate surface area is 173 Å². The van der Waals surface area contributed by atoms with Gasteiger partial charge in [-0.05, 0) is 43.7 Å². The zero-order valence-corrected chi connectivity index (χ0v) is 16.7. The van der Waals surface area contributed by atoms with Crippen molar-refractivity contribution in [2.45, 2.75) is 31.9 Å². The average molecular weight is 428 g/mol. The second-order valence-corrected chi connectivity index (χ2v) is 8.32. The minimum absolute atomic E-state index is 0.0883.